The van der Waals surface area contributed by atoms with E-state index in [0.29, 0.717) is 29.7 Å². The van der Waals surface area contributed by atoms with E-state index in [1.807, 2.05) is 54.6 Å². The second-order valence-electron chi connectivity index (χ2n) is 8.44. The number of fused-ring (bicyclic) bond motifs is 4. The Bertz CT molecular complexity index is 1610. The number of methoxy groups -OCH3 is 1. The number of nitrogens with one attached hydrogen (secondary N) is 1. The molecule has 1 amide bonds. The van der Waals surface area contributed by atoms with Crippen LogP contribution >= 0.6 is 0 Å². The van der Waals surface area contributed by atoms with Gasteiger partial charge in [-0.15, -0.1) is 0 Å². The molecule has 1 aliphatic rings. The van der Waals surface area contributed by atoms with E-state index < -0.39 is 11.7 Å². The van der Waals surface area contributed by atoms with Crippen LogP contribution in [0.4, 0.5) is 0 Å². The maximum Gasteiger partial charge on any atom is 0.349 e. The van der Waals surface area contributed by atoms with Gasteiger partial charge < -0.3 is 19.0 Å². The van der Waals surface area contributed by atoms with Gasteiger partial charge in [-0.1, -0.05) is 54.6 Å². The second kappa shape index (κ2) is 7.92. The molecule has 1 aliphatic heterocycles. The molecule has 0 radical (unpaired) electrons. The van der Waals surface area contributed by atoms with E-state index in [1.54, 1.807) is 30.2 Å². The quantitative estimate of drug-likeness (QED) is 0.390. The fourth-order valence-electron chi connectivity index (χ4n) is 5.04. The number of amides is 1. The fraction of sp³-hybridized carbons (Fsp3) is 0.143. The Morgan fingerprint density at radius 3 is 2.68 bits per heavy atom. The lowest BCUT2D eigenvalue weighted by molar-refractivity contribution is 0.0686. The Balaban J connectivity index is 1.54. The van der Waals surface area contributed by atoms with Crippen LogP contribution in [-0.2, 0) is 6.42 Å². The van der Waals surface area contributed by atoms with Crippen molar-refractivity contribution in [1.29, 1.82) is 0 Å². The zero-order valence-electron chi connectivity index (χ0n) is 18.6. The minimum Gasteiger partial charge on any atom is -0.496 e. The van der Waals surface area contributed by atoms with Crippen LogP contribution in [0.2, 0.25) is 0 Å². The molecule has 3 aromatic carbocycles. The van der Waals surface area contributed by atoms with E-state index in [2.05, 4.69) is 11.1 Å². The predicted octanol–water partition coefficient (Wildman–Crippen LogP) is 5.07. The number of hydrogen-bond donors (Lipinski definition) is 1. The number of H-pyrrole nitrogens is 1. The first-order valence-corrected chi connectivity index (χ1v) is 11.2. The molecule has 5 aromatic rings. The molecule has 0 fully saturated rings. The fourth-order valence-corrected chi connectivity index (χ4v) is 5.04. The summed E-state index contributed by atoms with van der Waals surface area (Å²) in [5.74, 6) is 0.321. The molecule has 3 heterocycles. The molecule has 2 aromatic heterocycles. The van der Waals surface area contributed by atoms with Crippen LogP contribution in [0.15, 0.2) is 88.1 Å². The van der Waals surface area contributed by atoms with Crippen molar-refractivity contribution in [3.05, 3.63) is 112 Å². The van der Waals surface area contributed by atoms with E-state index in [-0.39, 0.29) is 11.5 Å². The molecule has 0 saturated carbocycles. The number of carbonyl (C=O) groups is 1. The molecule has 168 valence electrons. The van der Waals surface area contributed by atoms with Gasteiger partial charge in [-0.25, -0.2) is 4.79 Å². The van der Waals surface area contributed by atoms with Gasteiger partial charge in [0.15, 0.2) is 0 Å². The molecular weight excluding hydrogens is 428 g/mol. The third-order valence-electron chi connectivity index (χ3n) is 6.60. The van der Waals surface area contributed by atoms with E-state index in [4.69, 9.17) is 9.15 Å². The minimum absolute atomic E-state index is 0.0261. The lowest BCUT2D eigenvalue weighted by Crippen LogP contribution is -2.42. The molecule has 0 unspecified atom stereocenters. The lowest BCUT2D eigenvalue weighted by Gasteiger charge is -2.36. The highest BCUT2D eigenvalue weighted by atomic mass is 16.5. The normalized spacial score (nSPS) is 15.4. The van der Waals surface area contributed by atoms with Gasteiger partial charge in [-0.05, 0) is 36.2 Å². The van der Waals surface area contributed by atoms with Crippen molar-refractivity contribution >= 4 is 27.8 Å². The number of ether oxygens (including phenoxy) is 1. The second-order valence-corrected chi connectivity index (χ2v) is 8.44. The van der Waals surface area contributed by atoms with Crippen LogP contribution < -0.4 is 10.4 Å². The Hall–Kier alpha value is -4.32. The van der Waals surface area contributed by atoms with Crippen molar-refractivity contribution in [3.63, 3.8) is 0 Å². The molecular formula is C28H22N2O4. The van der Waals surface area contributed by atoms with Gasteiger partial charge in [0, 0.05) is 34.1 Å². The van der Waals surface area contributed by atoms with Crippen LogP contribution in [-0.4, -0.2) is 29.4 Å². The summed E-state index contributed by atoms with van der Waals surface area (Å²) in [6.07, 6.45) is 0.676. The first-order valence-electron chi connectivity index (χ1n) is 11.2. The number of carbonyl (C=O) groups excluding carboxylic acids is 1. The molecule has 1 atom stereocenters. The Morgan fingerprint density at radius 2 is 1.79 bits per heavy atom. The van der Waals surface area contributed by atoms with Gasteiger partial charge in [-0.2, -0.15) is 0 Å². The zero-order chi connectivity index (χ0) is 23.2. The SMILES string of the molecule is COc1ccccc1[C@@H]1c2[nH]c3ccccc3c2CCN1C(=O)c1cc2ccccc2oc1=O. The summed E-state index contributed by atoms with van der Waals surface area (Å²) in [6, 6.07) is 24.2. The molecule has 6 heteroatoms. The third kappa shape index (κ3) is 3.10. The molecule has 0 spiro atoms. The van der Waals surface area contributed by atoms with Crippen LogP contribution in [0.5, 0.6) is 5.75 Å². The predicted molar refractivity (Wildman–Crippen MR) is 130 cm³/mol. The summed E-state index contributed by atoms with van der Waals surface area (Å²) in [5.41, 5.74) is 3.85. The molecule has 0 aliphatic carbocycles. The summed E-state index contributed by atoms with van der Waals surface area (Å²) in [5, 5.41) is 1.86. The number of nitrogens with zero attached hydrogens (tertiary/aromatic N) is 1. The number of hydrogen-bond acceptors (Lipinski definition) is 4. The van der Waals surface area contributed by atoms with Crippen molar-refractivity contribution in [2.75, 3.05) is 13.7 Å². The number of aromatic nitrogens is 1. The smallest absolute Gasteiger partial charge is 0.349 e. The van der Waals surface area contributed by atoms with Crippen molar-refractivity contribution in [2.45, 2.75) is 12.5 Å². The Morgan fingerprint density at radius 1 is 1.03 bits per heavy atom. The van der Waals surface area contributed by atoms with Gasteiger partial charge in [0.1, 0.15) is 22.9 Å². The van der Waals surface area contributed by atoms with Crippen LogP contribution in [0.3, 0.4) is 0 Å². The van der Waals surface area contributed by atoms with Crippen molar-refractivity contribution < 1.29 is 13.9 Å². The van der Waals surface area contributed by atoms with Crippen molar-refractivity contribution in [2.24, 2.45) is 0 Å². The van der Waals surface area contributed by atoms with E-state index >= 15 is 0 Å². The van der Waals surface area contributed by atoms with E-state index in [9.17, 15) is 9.59 Å². The molecule has 6 rings (SSSR count). The highest BCUT2D eigenvalue weighted by molar-refractivity contribution is 5.97. The maximum atomic E-state index is 13.9. The van der Waals surface area contributed by atoms with E-state index in [1.165, 1.54) is 5.56 Å². The maximum absolute atomic E-state index is 13.9. The van der Waals surface area contributed by atoms with Crippen LogP contribution in [0.1, 0.15) is 33.2 Å². The number of benzene rings is 3. The molecule has 0 bridgehead atoms. The number of para-hydroxylation sites is 3. The van der Waals surface area contributed by atoms with Gasteiger partial charge in [0.05, 0.1) is 7.11 Å². The lowest BCUT2D eigenvalue weighted by atomic mass is 9.91. The minimum atomic E-state index is -0.634. The van der Waals surface area contributed by atoms with Crippen LogP contribution in [0, 0.1) is 0 Å². The molecule has 0 saturated heterocycles. The number of aromatic amines is 1. The molecule has 34 heavy (non-hydrogen) atoms. The zero-order valence-corrected chi connectivity index (χ0v) is 18.6. The van der Waals surface area contributed by atoms with Gasteiger partial charge in [0.25, 0.3) is 5.91 Å². The Labute approximate surface area is 195 Å². The van der Waals surface area contributed by atoms with Crippen molar-refractivity contribution in [3.8, 4) is 5.75 Å². The van der Waals surface area contributed by atoms with Gasteiger partial charge in [-0.3, -0.25) is 4.79 Å². The standard InChI is InChI=1S/C28H22N2O4/c1-33-24-13-7-4-10-20(24)26-25-19(18-9-3-5-11-22(18)29-25)14-15-30(26)27(31)21-16-17-8-2-6-12-23(17)34-28(21)32/h2-13,16,26,29H,14-15H2,1H3/t26-/m1/s1. The first-order chi connectivity index (χ1) is 16.7. The van der Waals surface area contributed by atoms with Gasteiger partial charge >= 0.3 is 5.63 Å². The topological polar surface area (TPSA) is 75.5 Å². The summed E-state index contributed by atoms with van der Waals surface area (Å²) in [6.45, 7) is 0.461. The van der Waals surface area contributed by atoms with Crippen molar-refractivity contribution in [1.82, 2.24) is 9.88 Å². The van der Waals surface area contributed by atoms with E-state index in [0.717, 1.165) is 22.2 Å². The average molecular weight is 450 g/mol. The number of rotatable bonds is 3. The monoisotopic (exact) mass is 450 g/mol. The average Bonchev–Trinajstić information content (AvgIpc) is 3.26. The Kier molecular flexibility index (Phi) is 4.73. The van der Waals surface area contributed by atoms with Crippen LogP contribution in [0.25, 0.3) is 21.9 Å². The summed E-state index contributed by atoms with van der Waals surface area (Å²) in [7, 11) is 1.62. The highest BCUT2D eigenvalue weighted by Gasteiger charge is 2.37. The summed E-state index contributed by atoms with van der Waals surface area (Å²) in [4.78, 5) is 32.0. The highest BCUT2D eigenvalue weighted by Crippen LogP contribution is 2.41. The third-order valence-corrected chi connectivity index (χ3v) is 6.60. The molecule has 1 N–H and O–H groups in total. The van der Waals surface area contributed by atoms with Gasteiger partial charge in [0.2, 0.25) is 0 Å². The largest absolute Gasteiger partial charge is 0.496 e. The summed E-state index contributed by atoms with van der Waals surface area (Å²) >= 11 is 0. The molecule has 6 nitrogen and oxygen atoms in total. The summed E-state index contributed by atoms with van der Waals surface area (Å²) < 4.78 is 11.1. The first kappa shape index (κ1) is 20.3.